The topological polar surface area (TPSA) is 102 Å². The van der Waals surface area contributed by atoms with Gasteiger partial charge in [0.25, 0.3) is 0 Å². The second-order valence-electron chi connectivity index (χ2n) is 6.54. The summed E-state index contributed by atoms with van der Waals surface area (Å²) in [6.45, 7) is 1.79. The second-order valence-corrected chi connectivity index (χ2v) is 8.31. The van der Waals surface area contributed by atoms with E-state index in [1.807, 2.05) is 0 Å². The fourth-order valence-electron chi connectivity index (χ4n) is 2.93. The highest BCUT2D eigenvalue weighted by Crippen LogP contribution is 2.23. The Kier molecular flexibility index (Phi) is 7.59. The standard InChI is InChI=1S/C18H26N2O5S/c1-14(21)20-16-7-9-17(10-8-16)26(23,24)19-12-11-18(22)25-13-15-5-3-2-4-6-15/h7-10,15,19H,2-6,11-13H2,1H3,(H,20,21). The molecule has 26 heavy (non-hydrogen) atoms. The minimum absolute atomic E-state index is 0.00404. The van der Waals surface area contributed by atoms with E-state index in [-0.39, 0.29) is 29.7 Å². The van der Waals surface area contributed by atoms with E-state index in [9.17, 15) is 18.0 Å². The lowest BCUT2D eigenvalue weighted by Crippen LogP contribution is -2.27. The number of esters is 1. The van der Waals surface area contributed by atoms with E-state index in [0.717, 1.165) is 12.8 Å². The fraction of sp³-hybridized carbons (Fsp3) is 0.556. The minimum Gasteiger partial charge on any atom is -0.465 e. The highest BCUT2D eigenvalue weighted by molar-refractivity contribution is 7.89. The van der Waals surface area contributed by atoms with Gasteiger partial charge in [0.2, 0.25) is 15.9 Å². The zero-order valence-corrected chi connectivity index (χ0v) is 15.8. The number of anilines is 1. The molecule has 1 amide bonds. The Morgan fingerprint density at radius 1 is 1.12 bits per heavy atom. The number of sulfonamides is 1. The zero-order chi connectivity index (χ0) is 19.0. The van der Waals surface area contributed by atoms with Gasteiger partial charge in [0.1, 0.15) is 0 Å². The summed E-state index contributed by atoms with van der Waals surface area (Å²) in [5.74, 6) is -0.184. The van der Waals surface area contributed by atoms with Gasteiger partial charge in [-0.2, -0.15) is 0 Å². The normalized spacial score (nSPS) is 15.4. The van der Waals surface area contributed by atoms with E-state index in [2.05, 4.69) is 10.0 Å². The van der Waals surface area contributed by atoms with Gasteiger partial charge in [0.15, 0.2) is 0 Å². The number of hydrogen-bond acceptors (Lipinski definition) is 5. The van der Waals surface area contributed by atoms with E-state index in [4.69, 9.17) is 4.74 Å². The van der Waals surface area contributed by atoms with Crippen molar-refractivity contribution in [1.29, 1.82) is 0 Å². The molecule has 0 saturated heterocycles. The largest absolute Gasteiger partial charge is 0.465 e. The van der Waals surface area contributed by atoms with E-state index in [1.165, 1.54) is 50.5 Å². The molecule has 1 aliphatic carbocycles. The first-order valence-corrected chi connectivity index (χ1v) is 10.4. The molecular formula is C18H26N2O5S. The average Bonchev–Trinajstić information content (AvgIpc) is 2.61. The summed E-state index contributed by atoms with van der Waals surface area (Å²) in [5, 5.41) is 2.57. The molecule has 0 unspecified atom stereocenters. The van der Waals surface area contributed by atoms with E-state index < -0.39 is 10.0 Å². The van der Waals surface area contributed by atoms with Gasteiger partial charge in [0.05, 0.1) is 17.9 Å². The van der Waals surface area contributed by atoms with Gasteiger partial charge in [-0.05, 0) is 43.0 Å². The molecule has 0 aliphatic heterocycles. The van der Waals surface area contributed by atoms with E-state index in [0.29, 0.717) is 18.2 Å². The van der Waals surface area contributed by atoms with Crippen molar-refractivity contribution < 1.29 is 22.7 Å². The Hall–Kier alpha value is -1.93. The second kappa shape index (κ2) is 9.68. The van der Waals surface area contributed by atoms with Crippen molar-refractivity contribution >= 4 is 27.6 Å². The van der Waals surface area contributed by atoms with E-state index in [1.54, 1.807) is 0 Å². The minimum atomic E-state index is -3.71. The van der Waals surface area contributed by atoms with Gasteiger partial charge in [-0.25, -0.2) is 13.1 Å². The lowest BCUT2D eigenvalue weighted by atomic mass is 9.90. The van der Waals surface area contributed by atoms with Gasteiger partial charge < -0.3 is 10.1 Å². The third-order valence-electron chi connectivity index (χ3n) is 4.31. The monoisotopic (exact) mass is 382 g/mol. The summed E-state index contributed by atoms with van der Waals surface area (Å²) in [5.41, 5.74) is 0.516. The number of benzene rings is 1. The third kappa shape index (κ3) is 6.76. The SMILES string of the molecule is CC(=O)Nc1ccc(S(=O)(=O)NCCC(=O)OCC2CCCCC2)cc1. The van der Waals surface area contributed by atoms with Crippen molar-refractivity contribution in [2.75, 3.05) is 18.5 Å². The average molecular weight is 382 g/mol. The molecule has 1 aromatic carbocycles. The molecule has 2 rings (SSSR count). The van der Waals surface area contributed by atoms with Crippen LogP contribution in [-0.4, -0.2) is 33.4 Å². The van der Waals surface area contributed by atoms with Crippen LogP contribution in [0.15, 0.2) is 29.2 Å². The molecule has 1 saturated carbocycles. The maximum atomic E-state index is 12.2. The molecule has 1 aromatic rings. The molecule has 0 aromatic heterocycles. The first-order chi connectivity index (χ1) is 12.4. The molecular weight excluding hydrogens is 356 g/mol. The van der Waals surface area contributed by atoms with Crippen LogP contribution >= 0.6 is 0 Å². The summed E-state index contributed by atoms with van der Waals surface area (Å²) in [6.07, 6.45) is 5.79. The third-order valence-corrected chi connectivity index (χ3v) is 5.79. The van der Waals surface area contributed by atoms with Crippen LogP contribution in [0.3, 0.4) is 0 Å². The number of nitrogens with one attached hydrogen (secondary N) is 2. The first-order valence-electron chi connectivity index (χ1n) is 8.90. The van der Waals surface area contributed by atoms with Gasteiger partial charge in [-0.15, -0.1) is 0 Å². The van der Waals surface area contributed by atoms with Crippen LogP contribution in [0.1, 0.15) is 45.4 Å². The molecule has 0 spiro atoms. The summed E-state index contributed by atoms with van der Waals surface area (Å²) in [6, 6.07) is 5.81. The lowest BCUT2D eigenvalue weighted by molar-refractivity contribution is -0.145. The number of hydrogen-bond donors (Lipinski definition) is 2. The predicted octanol–water partition coefficient (Wildman–Crippen LogP) is 2.44. The van der Waals surface area contributed by atoms with Crippen LogP contribution in [0.5, 0.6) is 0 Å². The molecule has 144 valence electrons. The van der Waals surface area contributed by atoms with Crippen LogP contribution in [0.25, 0.3) is 0 Å². The highest BCUT2D eigenvalue weighted by Gasteiger charge is 2.17. The molecule has 0 bridgehead atoms. The Labute approximate surface area is 154 Å². The summed E-state index contributed by atoms with van der Waals surface area (Å²) in [7, 11) is -3.71. The predicted molar refractivity (Wildman–Crippen MR) is 98.1 cm³/mol. The quantitative estimate of drug-likeness (QED) is 0.673. The van der Waals surface area contributed by atoms with E-state index >= 15 is 0 Å². The van der Waals surface area contributed by atoms with Crippen LogP contribution in [0.2, 0.25) is 0 Å². The van der Waals surface area contributed by atoms with Gasteiger partial charge in [0, 0.05) is 19.2 Å². The molecule has 2 N–H and O–H groups in total. The Balaban J connectivity index is 1.74. The summed E-state index contributed by atoms with van der Waals surface area (Å²) >= 11 is 0. The molecule has 0 heterocycles. The molecule has 7 nitrogen and oxygen atoms in total. The van der Waals surface area contributed by atoms with Crippen LogP contribution in [0.4, 0.5) is 5.69 Å². The highest BCUT2D eigenvalue weighted by atomic mass is 32.2. The number of rotatable bonds is 8. The number of ether oxygens (including phenoxy) is 1. The maximum absolute atomic E-state index is 12.2. The summed E-state index contributed by atoms with van der Waals surface area (Å²) < 4.78 is 32.0. The van der Waals surface area contributed by atoms with Gasteiger partial charge >= 0.3 is 5.97 Å². The van der Waals surface area contributed by atoms with Gasteiger partial charge in [-0.3, -0.25) is 9.59 Å². The Bertz CT molecular complexity index is 710. The maximum Gasteiger partial charge on any atom is 0.307 e. The van der Waals surface area contributed by atoms with Crippen molar-refractivity contribution in [3.05, 3.63) is 24.3 Å². The van der Waals surface area contributed by atoms with Crippen molar-refractivity contribution in [1.82, 2.24) is 4.72 Å². The molecule has 1 fully saturated rings. The van der Waals surface area contributed by atoms with Crippen molar-refractivity contribution in [2.45, 2.75) is 50.3 Å². The molecule has 8 heteroatoms. The number of carbonyl (C=O) groups is 2. The Morgan fingerprint density at radius 3 is 2.38 bits per heavy atom. The van der Waals surface area contributed by atoms with Crippen molar-refractivity contribution in [3.8, 4) is 0 Å². The number of carbonyl (C=O) groups excluding carboxylic acids is 2. The van der Waals surface area contributed by atoms with Crippen LogP contribution < -0.4 is 10.0 Å². The molecule has 0 radical (unpaired) electrons. The van der Waals surface area contributed by atoms with Crippen molar-refractivity contribution in [3.63, 3.8) is 0 Å². The smallest absolute Gasteiger partial charge is 0.307 e. The zero-order valence-electron chi connectivity index (χ0n) is 15.0. The number of amides is 1. The lowest BCUT2D eigenvalue weighted by Gasteiger charge is -2.21. The van der Waals surface area contributed by atoms with Crippen LogP contribution in [-0.2, 0) is 24.3 Å². The van der Waals surface area contributed by atoms with Crippen LogP contribution in [0, 0.1) is 5.92 Å². The molecule has 1 aliphatic rings. The van der Waals surface area contributed by atoms with Gasteiger partial charge in [-0.1, -0.05) is 19.3 Å². The summed E-state index contributed by atoms with van der Waals surface area (Å²) in [4.78, 5) is 22.8. The Morgan fingerprint density at radius 2 is 1.77 bits per heavy atom. The molecule has 0 atom stereocenters. The fourth-order valence-corrected chi connectivity index (χ4v) is 3.96. The van der Waals surface area contributed by atoms with Crippen molar-refractivity contribution in [2.24, 2.45) is 5.92 Å². The first kappa shape index (κ1) is 20.4.